The van der Waals surface area contributed by atoms with Gasteiger partial charge in [-0.05, 0) is 37.8 Å². The first kappa shape index (κ1) is 19.9. The molecule has 1 atom stereocenters. The Morgan fingerprint density at radius 1 is 1.38 bits per heavy atom. The van der Waals surface area contributed by atoms with Gasteiger partial charge in [-0.1, -0.05) is 37.9 Å². The molecule has 1 unspecified atom stereocenters. The van der Waals surface area contributed by atoms with Gasteiger partial charge in [-0.3, -0.25) is 10.1 Å². The van der Waals surface area contributed by atoms with E-state index in [-0.39, 0.29) is 16.1 Å². The number of nitro benzene ring substituents is 1. The molecule has 1 aromatic rings. The summed E-state index contributed by atoms with van der Waals surface area (Å²) in [5, 5.41) is 12.1. The van der Waals surface area contributed by atoms with Crippen LogP contribution >= 0.6 is 11.8 Å². The van der Waals surface area contributed by atoms with Gasteiger partial charge in [0.25, 0.3) is 28.3 Å². The molecule has 0 N–H and O–H groups in total. The molecule has 26 heavy (non-hydrogen) atoms. The Morgan fingerprint density at radius 3 is 2.73 bits per heavy atom. The van der Waals surface area contributed by atoms with Crippen molar-refractivity contribution in [1.29, 1.82) is 0 Å². The van der Waals surface area contributed by atoms with Crippen LogP contribution in [0.3, 0.4) is 0 Å². The highest BCUT2D eigenvalue weighted by Gasteiger charge is 2.49. The van der Waals surface area contributed by atoms with E-state index in [9.17, 15) is 10.1 Å². The fourth-order valence-corrected chi connectivity index (χ4v) is 7.26. The first-order chi connectivity index (χ1) is 12.5. The van der Waals surface area contributed by atoms with Gasteiger partial charge in [0.15, 0.2) is 5.17 Å². The van der Waals surface area contributed by atoms with E-state index in [0.29, 0.717) is 4.05 Å². The lowest BCUT2D eigenvalue weighted by molar-refractivity contribution is -0.457. The molecule has 1 aliphatic heterocycles. The molecule has 1 aliphatic carbocycles. The van der Waals surface area contributed by atoms with Crippen molar-refractivity contribution in [3.63, 3.8) is 0 Å². The van der Waals surface area contributed by atoms with E-state index >= 15 is 0 Å². The van der Waals surface area contributed by atoms with Crippen LogP contribution in [0.2, 0.25) is 0 Å². The van der Waals surface area contributed by atoms with Crippen LogP contribution in [0.15, 0.2) is 23.2 Å². The van der Waals surface area contributed by atoms with Crippen LogP contribution in [0, 0.1) is 17.0 Å². The minimum atomic E-state index is -0.346. The number of alkyl halides is 1. The summed E-state index contributed by atoms with van der Waals surface area (Å²) in [4.78, 5) is 18.2. The summed E-state index contributed by atoms with van der Waals surface area (Å²) in [7, 11) is 0. The Balaban J connectivity index is 1.94. The van der Waals surface area contributed by atoms with Gasteiger partial charge < -0.3 is 4.90 Å². The highest BCUT2D eigenvalue weighted by atomic mass is 127. The van der Waals surface area contributed by atoms with E-state index < -0.39 is 0 Å². The molecule has 1 aromatic carbocycles. The van der Waals surface area contributed by atoms with Gasteiger partial charge in [0.1, 0.15) is 0 Å². The van der Waals surface area contributed by atoms with Crippen LogP contribution in [0.4, 0.5) is 11.4 Å². The molecule has 3 rings (SSSR count). The number of halogens is 1. The highest BCUT2D eigenvalue weighted by Crippen LogP contribution is 2.44. The number of hydrogen-bond donors (Lipinski definition) is 0. The van der Waals surface area contributed by atoms with Gasteiger partial charge in [-0.2, -0.15) is 0 Å². The predicted molar refractivity (Wildman–Crippen MR) is 105 cm³/mol. The number of non-ortho nitro benzene ring substituents is 1. The summed E-state index contributed by atoms with van der Waals surface area (Å²) in [5.74, 6) is 1.12. The van der Waals surface area contributed by atoms with Crippen molar-refractivity contribution >= 4 is 28.3 Å². The van der Waals surface area contributed by atoms with E-state index in [1.807, 2.05) is 18.7 Å². The number of amidine groups is 1. The first-order valence-electron chi connectivity index (χ1n) is 9.38. The Morgan fingerprint density at radius 2 is 2.12 bits per heavy atom. The maximum Gasteiger partial charge on any atom is 0.279 e. The quantitative estimate of drug-likeness (QED) is 0.209. The third-order valence-electron chi connectivity index (χ3n) is 5.40. The number of aliphatic imine (C=N–C) groups is 1. The summed E-state index contributed by atoms with van der Waals surface area (Å²) >= 11 is 4.11. The summed E-state index contributed by atoms with van der Waals surface area (Å²) < 4.78 is 0.487. The number of thioether (sulfide) groups is 1. The van der Waals surface area contributed by atoms with E-state index in [1.165, 1.54) is 44.9 Å². The predicted octanol–water partition coefficient (Wildman–Crippen LogP) is 2.05. The van der Waals surface area contributed by atoms with Gasteiger partial charge in [0, 0.05) is 24.3 Å². The van der Waals surface area contributed by atoms with E-state index in [2.05, 4.69) is 34.4 Å². The number of nitro groups is 1. The van der Waals surface area contributed by atoms with Crippen LogP contribution in [-0.4, -0.2) is 30.3 Å². The lowest BCUT2D eigenvalue weighted by Gasteiger charge is -2.41. The fraction of sp³-hybridized carbons (Fsp3) is 0.632. The van der Waals surface area contributed by atoms with Gasteiger partial charge >= 0.3 is 0 Å². The molecular formula is C19H27IN3O2S+. The second kappa shape index (κ2) is 8.46. The summed E-state index contributed by atoms with van der Waals surface area (Å²) in [6.45, 7) is 4.15. The Bertz CT molecular complexity index is 704. The Hall–Kier alpha value is -0.830. The van der Waals surface area contributed by atoms with Crippen molar-refractivity contribution in [2.75, 3.05) is 5.75 Å². The van der Waals surface area contributed by atoms with Crippen molar-refractivity contribution in [3.05, 3.63) is 33.9 Å². The summed E-state index contributed by atoms with van der Waals surface area (Å²) in [5.41, 5.74) is 2.10. The van der Waals surface area contributed by atoms with Crippen molar-refractivity contribution in [1.82, 2.24) is 4.90 Å². The average Bonchev–Trinajstić information content (AvgIpc) is 2.95. The average molecular weight is 488 g/mol. The number of benzene rings is 1. The molecule has 0 amide bonds. The van der Waals surface area contributed by atoms with Crippen LogP contribution in [-0.2, 0) is 0 Å². The number of aryl methyl sites for hydroxylation is 1. The van der Waals surface area contributed by atoms with Crippen molar-refractivity contribution in [3.8, 4) is 0 Å². The smallest absolute Gasteiger partial charge is 0.279 e. The fourth-order valence-electron chi connectivity index (χ4n) is 4.01. The number of hydrogen-bond acceptors (Lipinski definition) is 4. The zero-order valence-electron chi connectivity index (χ0n) is 15.4. The zero-order chi connectivity index (χ0) is 18.7. The molecule has 1 saturated heterocycles. The van der Waals surface area contributed by atoms with Crippen molar-refractivity contribution < 1.29 is 27.5 Å². The standard InChI is InChI=1S/C19H27IN3O2S/c1-3-7-17(20)22-18(26-13-19(22)10-5-4-6-11-19)21-16-9-8-15(23(24)25)12-14(16)2/h8-9,12,17,20H,3-7,10-11,13H2,1-2H3/q+1. The highest BCUT2D eigenvalue weighted by molar-refractivity contribution is 8.14. The monoisotopic (exact) mass is 488 g/mol. The van der Waals surface area contributed by atoms with Gasteiger partial charge in [-0.25, -0.2) is 4.99 Å². The minimum Gasteiger partial charge on any atom is -0.301 e. The molecule has 5 nitrogen and oxygen atoms in total. The first-order valence-corrected chi connectivity index (χ1v) is 11.7. The Kier molecular flexibility index (Phi) is 6.48. The van der Waals surface area contributed by atoms with Gasteiger partial charge in [0.05, 0.1) is 16.1 Å². The van der Waals surface area contributed by atoms with Crippen LogP contribution in [0.5, 0.6) is 0 Å². The molecule has 0 bridgehead atoms. The number of rotatable bonds is 5. The normalized spacial score (nSPS) is 22.1. The summed E-state index contributed by atoms with van der Waals surface area (Å²) in [6.07, 6.45) is 8.82. The molecule has 0 radical (unpaired) electrons. The van der Waals surface area contributed by atoms with Gasteiger partial charge in [0.2, 0.25) is 4.05 Å². The lowest BCUT2D eigenvalue weighted by atomic mass is 9.82. The van der Waals surface area contributed by atoms with Crippen molar-refractivity contribution in [2.45, 2.75) is 68.4 Å². The molecule has 1 saturated carbocycles. The van der Waals surface area contributed by atoms with Crippen molar-refractivity contribution in [2.24, 2.45) is 4.99 Å². The molecule has 1 heterocycles. The topological polar surface area (TPSA) is 58.7 Å². The van der Waals surface area contributed by atoms with Crippen LogP contribution in [0.1, 0.15) is 57.4 Å². The summed E-state index contributed by atoms with van der Waals surface area (Å²) in [6, 6.07) is 4.97. The largest absolute Gasteiger partial charge is 0.301 e. The van der Waals surface area contributed by atoms with E-state index in [1.54, 1.807) is 18.2 Å². The zero-order valence-corrected chi connectivity index (χ0v) is 18.6. The van der Waals surface area contributed by atoms with Crippen LogP contribution in [0.25, 0.3) is 0 Å². The molecular weight excluding hydrogens is 461 g/mol. The van der Waals surface area contributed by atoms with E-state index in [0.717, 1.165) is 22.2 Å². The second-order valence-corrected chi connectivity index (χ2v) is 9.80. The second-order valence-electron chi connectivity index (χ2n) is 7.31. The van der Waals surface area contributed by atoms with Gasteiger partial charge in [-0.15, -0.1) is 0 Å². The molecule has 2 fully saturated rings. The van der Waals surface area contributed by atoms with E-state index in [4.69, 9.17) is 4.99 Å². The Labute approximate surface area is 173 Å². The molecule has 2 aliphatic rings. The molecule has 7 heteroatoms. The molecule has 1 spiro atoms. The minimum absolute atomic E-state index is 0.131. The van der Waals surface area contributed by atoms with Crippen LogP contribution < -0.4 is 22.6 Å². The third-order valence-corrected chi connectivity index (χ3v) is 7.90. The molecule has 142 valence electrons. The lowest BCUT2D eigenvalue weighted by Crippen LogP contribution is -3.40. The SMILES string of the molecule is CCCC([IH+])N1C(=Nc2ccc([N+](=O)[O-])cc2C)SCC12CCCCC2. The maximum absolute atomic E-state index is 11.0. The number of nitrogens with zero attached hydrogens (tertiary/aromatic N) is 3. The molecule has 0 aromatic heterocycles. The third kappa shape index (κ3) is 4.03. The maximum atomic E-state index is 11.0.